The lowest BCUT2D eigenvalue weighted by atomic mass is 10.1. The molecule has 14 heteroatoms. The minimum Gasteiger partial charge on any atom is -0.352 e. The number of sulfonamides is 1. The van der Waals surface area contributed by atoms with Crippen molar-refractivity contribution in [3.05, 3.63) is 92.4 Å². The molecule has 1 atom stereocenters. The molecule has 0 radical (unpaired) electrons. The summed E-state index contributed by atoms with van der Waals surface area (Å²) in [5.41, 5.74) is -0.483. The smallest absolute Gasteiger partial charge is 0.352 e. The summed E-state index contributed by atoms with van der Waals surface area (Å²) in [6.45, 7) is 5.79. The van der Waals surface area contributed by atoms with Gasteiger partial charge in [-0.3, -0.25) is 13.9 Å². The number of hydrogen-bond donors (Lipinski definition) is 1. The molecule has 0 saturated heterocycles. The summed E-state index contributed by atoms with van der Waals surface area (Å²) in [6.07, 6.45) is -4.76. The molecule has 0 spiro atoms. The van der Waals surface area contributed by atoms with Gasteiger partial charge in [-0.25, -0.2) is 8.42 Å². The Labute approximate surface area is 269 Å². The number of carbonyl (C=O) groups excluding carboxylic acids is 2. The number of carbonyl (C=O) groups is 2. The molecule has 7 nitrogen and oxygen atoms in total. The zero-order chi connectivity index (χ0) is 33.0. The number of benzene rings is 3. The maximum atomic E-state index is 14.1. The van der Waals surface area contributed by atoms with Crippen molar-refractivity contribution in [3.63, 3.8) is 0 Å². The Morgan fingerprint density at radius 2 is 1.52 bits per heavy atom. The zero-order valence-corrected chi connectivity index (χ0v) is 27.3. The van der Waals surface area contributed by atoms with Crippen molar-refractivity contribution in [2.45, 2.75) is 63.8 Å². The first-order valence-electron chi connectivity index (χ1n) is 13.5. The first-order valence-corrected chi connectivity index (χ1v) is 16.0. The molecule has 238 valence electrons. The van der Waals surface area contributed by atoms with E-state index in [4.69, 9.17) is 34.8 Å². The molecule has 3 rings (SSSR count). The molecule has 0 heterocycles. The standard InChI is InChI=1S/C30H31Cl3F3N3O4S/c1-5-27(29(41)37-18(2)3)38(16-20-8-12-25(32)26(33)14-20)28(40)17-39(44(42,43)22-10-6-19(4)7-11-22)21-9-13-24(31)23(15-21)30(34,35)36/h6-15,18,27H,5,16-17H2,1-4H3,(H,37,41)/t27-/m0/s1. The van der Waals surface area contributed by atoms with Crippen molar-refractivity contribution < 1.29 is 31.2 Å². The van der Waals surface area contributed by atoms with Crippen LogP contribution in [-0.4, -0.2) is 43.8 Å². The Balaban J connectivity index is 2.17. The van der Waals surface area contributed by atoms with E-state index in [9.17, 15) is 31.2 Å². The van der Waals surface area contributed by atoms with Crippen molar-refractivity contribution in [2.75, 3.05) is 10.8 Å². The molecule has 0 fully saturated rings. The summed E-state index contributed by atoms with van der Waals surface area (Å²) in [5.74, 6) is -1.34. The van der Waals surface area contributed by atoms with Gasteiger partial charge >= 0.3 is 6.18 Å². The molecule has 0 unspecified atom stereocenters. The molecule has 1 N–H and O–H groups in total. The van der Waals surface area contributed by atoms with Gasteiger partial charge in [-0.15, -0.1) is 0 Å². The zero-order valence-electron chi connectivity index (χ0n) is 24.3. The number of amides is 2. The van der Waals surface area contributed by atoms with E-state index in [1.54, 1.807) is 33.8 Å². The van der Waals surface area contributed by atoms with Gasteiger partial charge in [-0.1, -0.05) is 65.5 Å². The summed E-state index contributed by atoms with van der Waals surface area (Å²) in [7, 11) is -4.60. The third-order valence-corrected chi connectivity index (χ3v) is 9.44. The second-order valence-electron chi connectivity index (χ2n) is 10.3. The first kappa shape index (κ1) is 35.5. The van der Waals surface area contributed by atoms with Crippen LogP contribution < -0.4 is 9.62 Å². The van der Waals surface area contributed by atoms with E-state index in [-0.39, 0.29) is 33.9 Å². The van der Waals surface area contributed by atoms with E-state index in [1.165, 1.54) is 41.3 Å². The van der Waals surface area contributed by atoms with Crippen LogP contribution in [0.3, 0.4) is 0 Å². The Morgan fingerprint density at radius 1 is 0.909 bits per heavy atom. The molecule has 0 aromatic heterocycles. The van der Waals surface area contributed by atoms with E-state index in [2.05, 4.69) is 5.32 Å². The second-order valence-corrected chi connectivity index (χ2v) is 13.4. The fraction of sp³-hybridized carbons (Fsp3) is 0.333. The third-order valence-electron chi connectivity index (χ3n) is 6.58. The summed E-state index contributed by atoms with van der Waals surface area (Å²) < 4.78 is 69.9. The van der Waals surface area contributed by atoms with Gasteiger partial charge in [0.2, 0.25) is 11.8 Å². The van der Waals surface area contributed by atoms with Gasteiger partial charge in [0.25, 0.3) is 10.0 Å². The van der Waals surface area contributed by atoms with Crippen LogP contribution in [0, 0.1) is 6.92 Å². The molecule has 0 bridgehead atoms. The molecule has 3 aromatic rings. The number of alkyl halides is 3. The lowest BCUT2D eigenvalue weighted by Gasteiger charge is -2.33. The highest BCUT2D eigenvalue weighted by atomic mass is 35.5. The van der Waals surface area contributed by atoms with Gasteiger partial charge in [0.15, 0.2) is 0 Å². The van der Waals surface area contributed by atoms with Crippen LogP contribution in [0.5, 0.6) is 0 Å². The van der Waals surface area contributed by atoms with Gasteiger partial charge in [0.05, 0.1) is 31.2 Å². The lowest BCUT2D eigenvalue weighted by Crippen LogP contribution is -2.53. The van der Waals surface area contributed by atoms with Gasteiger partial charge in [-0.2, -0.15) is 13.2 Å². The maximum Gasteiger partial charge on any atom is 0.417 e. The average molecular weight is 693 g/mol. The minimum absolute atomic E-state index is 0.148. The van der Waals surface area contributed by atoms with Crippen LogP contribution in [0.4, 0.5) is 18.9 Å². The summed E-state index contributed by atoms with van der Waals surface area (Å²) >= 11 is 18.0. The topological polar surface area (TPSA) is 86.8 Å². The molecule has 0 saturated carbocycles. The lowest BCUT2D eigenvalue weighted by molar-refractivity contribution is -0.140. The van der Waals surface area contributed by atoms with Crippen molar-refractivity contribution in [1.82, 2.24) is 10.2 Å². The van der Waals surface area contributed by atoms with Gasteiger partial charge in [0, 0.05) is 12.6 Å². The predicted molar refractivity (Wildman–Crippen MR) is 167 cm³/mol. The normalized spacial score (nSPS) is 12.6. The molecule has 0 aliphatic carbocycles. The average Bonchev–Trinajstić information content (AvgIpc) is 2.93. The number of halogens is 6. The van der Waals surface area contributed by atoms with Gasteiger partial charge < -0.3 is 10.2 Å². The highest BCUT2D eigenvalue weighted by molar-refractivity contribution is 7.92. The van der Waals surface area contributed by atoms with Crippen LogP contribution in [0.15, 0.2) is 65.6 Å². The largest absolute Gasteiger partial charge is 0.417 e. The Hall–Kier alpha value is -2.99. The number of rotatable bonds is 11. The van der Waals surface area contributed by atoms with Gasteiger partial charge in [-0.05, 0) is 75.2 Å². The molecule has 44 heavy (non-hydrogen) atoms. The van der Waals surface area contributed by atoms with Crippen LogP contribution in [0.1, 0.15) is 43.9 Å². The molecular formula is C30H31Cl3F3N3O4S. The first-order chi connectivity index (χ1) is 20.4. The van der Waals surface area contributed by atoms with Crippen molar-refractivity contribution in [2.24, 2.45) is 0 Å². The molecule has 2 amide bonds. The predicted octanol–water partition coefficient (Wildman–Crippen LogP) is 7.50. The highest BCUT2D eigenvalue weighted by Gasteiger charge is 2.37. The number of nitrogens with one attached hydrogen (secondary N) is 1. The van der Waals surface area contributed by atoms with E-state index in [0.29, 0.717) is 15.9 Å². The van der Waals surface area contributed by atoms with Crippen LogP contribution in [0.2, 0.25) is 15.1 Å². The fourth-order valence-corrected chi connectivity index (χ4v) is 6.34. The monoisotopic (exact) mass is 691 g/mol. The fourth-order valence-electron chi connectivity index (χ4n) is 4.39. The Morgan fingerprint density at radius 3 is 2.07 bits per heavy atom. The summed E-state index contributed by atoms with van der Waals surface area (Å²) in [6, 6.07) is 11.5. The number of hydrogen-bond acceptors (Lipinski definition) is 4. The van der Waals surface area contributed by atoms with Crippen molar-refractivity contribution in [3.8, 4) is 0 Å². The highest BCUT2D eigenvalue weighted by Crippen LogP contribution is 2.38. The molecule has 0 aliphatic heterocycles. The third kappa shape index (κ3) is 8.59. The number of nitrogens with zero attached hydrogens (tertiary/aromatic N) is 2. The second kappa shape index (κ2) is 14.4. The van der Waals surface area contributed by atoms with E-state index < -0.39 is 56.9 Å². The summed E-state index contributed by atoms with van der Waals surface area (Å²) in [5, 5.41) is 2.58. The SMILES string of the molecule is CC[C@@H](C(=O)NC(C)C)N(Cc1ccc(Cl)c(Cl)c1)C(=O)CN(c1ccc(Cl)c(C(F)(F)F)c1)S(=O)(=O)c1ccc(C)cc1. The van der Waals surface area contributed by atoms with Gasteiger partial charge in [0.1, 0.15) is 12.6 Å². The number of anilines is 1. The molecular weight excluding hydrogens is 662 g/mol. The Kier molecular flexibility index (Phi) is 11.6. The molecule has 0 aliphatic rings. The van der Waals surface area contributed by atoms with Crippen LogP contribution >= 0.6 is 34.8 Å². The van der Waals surface area contributed by atoms with Crippen molar-refractivity contribution >= 4 is 62.3 Å². The molecule has 3 aromatic carbocycles. The van der Waals surface area contributed by atoms with E-state index in [1.807, 2.05) is 0 Å². The quantitative estimate of drug-likeness (QED) is 0.226. The van der Waals surface area contributed by atoms with E-state index >= 15 is 0 Å². The summed E-state index contributed by atoms with van der Waals surface area (Å²) in [4.78, 5) is 28.2. The number of aryl methyl sites for hydroxylation is 1. The van der Waals surface area contributed by atoms with Crippen molar-refractivity contribution in [1.29, 1.82) is 0 Å². The van der Waals surface area contributed by atoms with Crippen LogP contribution in [-0.2, 0) is 32.3 Å². The Bertz CT molecular complexity index is 1620. The maximum absolute atomic E-state index is 14.1. The minimum atomic E-state index is -4.90. The van der Waals surface area contributed by atoms with Crippen LogP contribution in [0.25, 0.3) is 0 Å². The van der Waals surface area contributed by atoms with E-state index in [0.717, 1.165) is 17.7 Å².